The lowest BCUT2D eigenvalue weighted by Crippen LogP contribution is -2.45. The number of fused-ring (bicyclic) bond motifs is 1. The SMILES string of the molecule is CCOC(=O)[C@]1(c2ccccc2)CC[C@@H](C(=O)N(C)CCCNC(=O)c2ccccc2)c2ccccc21. The van der Waals surface area contributed by atoms with Crippen molar-refractivity contribution in [1.82, 2.24) is 10.2 Å². The molecule has 0 fully saturated rings. The zero-order chi connectivity index (χ0) is 26.3. The van der Waals surface area contributed by atoms with Gasteiger partial charge in [0.05, 0.1) is 12.5 Å². The van der Waals surface area contributed by atoms with Crippen molar-refractivity contribution in [3.8, 4) is 0 Å². The van der Waals surface area contributed by atoms with E-state index in [-0.39, 0.29) is 23.7 Å². The van der Waals surface area contributed by atoms with Crippen LogP contribution < -0.4 is 5.32 Å². The Balaban J connectivity index is 1.49. The molecule has 0 aromatic heterocycles. The second kappa shape index (κ2) is 11.9. The highest BCUT2D eigenvalue weighted by Gasteiger charge is 2.49. The normalized spacial score (nSPS) is 18.4. The molecule has 37 heavy (non-hydrogen) atoms. The topological polar surface area (TPSA) is 75.7 Å². The zero-order valence-electron chi connectivity index (χ0n) is 21.5. The summed E-state index contributed by atoms with van der Waals surface area (Å²) in [4.78, 5) is 41.0. The summed E-state index contributed by atoms with van der Waals surface area (Å²) >= 11 is 0. The molecule has 0 spiro atoms. The summed E-state index contributed by atoms with van der Waals surface area (Å²) in [5.41, 5.74) is 2.28. The van der Waals surface area contributed by atoms with Crippen LogP contribution in [0.1, 0.15) is 59.2 Å². The van der Waals surface area contributed by atoms with Gasteiger partial charge in [-0.15, -0.1) is 0 Å². The van der Waals surface area contributed by atoms with Gasteiger partial charge in [-0.2, -0.15) is 0 Å². The van der Waals surface area contributed by atoms with Gasteiger partial charge in [-0.3, -0.25) is 14.4 Å². The van der Waals surface area contributed by atoms with Crippen LogP contribution in [0.5, 0.6) is 0 Å². The molecule has 4 rings (SSSR count). The van der Waals surface area contributed by atoms with E-state index in [0.29, 0.717) is 44.5 Å². The van der Waals surface area contributed by atoms with Crippen LogP contribution in [0.25, 0.3) is 0 Å². The number of nitrogens with zero attached hydrogens (tertiary/aromatic N) is 1. The van der Waals surface area contributed by atoms with Crippen LogP contribution in [0.3, 0.4) is 0 Å². The molecule has 3 aromatic carbocycles. The van der Waals surface area contributed by atoms with Gasteiger partial charge in [-0.1, -0.05) is 72.8 Å². The first kappa shape index (κ1) is 26.1. The van der Waals surface area contributed by atoms with E-state index in [0.717, 1.165) is 16.7 Å². The Hall–Kier alpha value is -3.93. The lowest BCUT2D eigenvalue weighted by Gasteiger charge is -2.41. The molecule has 0 unspecified atom stereocenters. The Labute approximate surface area is 218 Å². The Kier molecular flexibility index (Phi) is 8.39. The molecule has 0 bridgehead atoms. The fourth-order valence-electron chi connectivity index (χ4n) is 5.29. The molecule has 0 radical (unpaired) electrons. The molecule has 0 saturated heterocycles. The van der Waals surface area contributed by atoms with E-state index < -0.39 is 5.41 Å². The Morgan fingerprint density at radius 1 is 0.946 bits per heavy atom. The van der Waals surface area contributed by atoms with Gasteiger partial charge in [0.2, 0.25) is 5.91 Å². The monoisotopic (exact) mass is 498 g/mol. The van der Waals surface area contributed by atoms with Crippen LogP contribution in [-0.4, -0.2) is 49.4 Å². The second-order valence-corrected chi connectivity index (χ2v) is 9.41. The summed E-state index contributed by atoms with van der Waals surface area (Å²) in [5.74, 6) is -0.715. The minimum absolute atomic E-state index is 0.0207. The Morgan fingerprint density at radius 3 is 2.30 bits per heavy atom. The molecule has 0 aliphatic heterocycles. The smallest absolute Gasteiger partial charge is 0.321 e. The van der Waals surface area contributed by atoms with Gasteiger partial charge in [0, 0.05) is 25.7 Å². The van der Waals surface area contributed by atoms with Gasteiger partial charge < -0.3 is 15.0 Å². The number of amides is 2. The molecule has 0 heterocycles. The summed E-state index contributed by atoms with van der Waals surface area (Å²) in [5, 5.41) is 2.91. The van der Waals surface area contributed by atoms with Gasteiger partial charge in [-0.05, 0) is 55.0 Å². The molecule has 2 amide bonds. The van der Waals surface area contributed by atoms with Gasteiger partial charge in [0.25, 0.3) is 5.91 Å². The van der Waals surface area contributed by atoms with Crippen LogP contribution in [0.4, 0.5) is 0 Å². The van der Waals surface area contributed by atoms with Gasteiger partial charge in [-0.25, -0.2) is 0 Å². The fraction of sp³-hybridized carbons (Fsp3) is 0.323. The molecule has 6 heteroatoms. The number of hydrogen-bond acceptors (Lipinski definition) is 4. The molecule has 6 nitrogen and oxygen atoms in total. The van der Waals surface area contributed by atoms with Crippen LogP contribution in [-0.2, 0) is 19.7 Å². The number of carbonyl (C=O) groups excluding carboxylic acids is 3. The Morgan fingerprint density at radius 2 is 1.59 bits per heavy atom. The highest BCUT2D eigenvalue weighted by atomic mass is 16.5. The number of rotatable bonds is 9. The van der Waals surface area contributed by atoms with E-state index in [1.165, 1.54) is 0 Å². The van der Waals surface area contributed by atoms with Gasteiger partial charge >= 0.3 is 5.97 Å². The fourth-order valence-corrected chi connectivity index (χ4v) is 5.29. The summed E-state index contributed by atoms with van der Waals surface area (Å²) in [6.45, 7) is 3.11. The number of hydrogen-bond donors (Lipinski definition) is 1. The number of carbonyl (C=O) groups is 3. The van der Waals surface area contributed by atoms with Crippen LogP contribution in [0.2, 0.25) is 0 Å². The van der Waals surface area contributed by atoms with E-state index in [4.69, 9.17) is 4.74 Å². The molecule has 3 aromatic rings. The first-order valence-electron chi connectivity index (χ1n) is 12.9. The average molecular weight is 499 g/mol. The molecular formula is C31H34N2O4. The highest BCUT2D eigenvalue weighted by molar-refractivity contribution is 5.94. The first-order valence-corrected chi connectivity index (χ1v) is 12.9. The maximum Gasteiger partial charge on any atom is 0.321 e. The third-order valence-corrected chi connectivity index (χ3v) is 7.16. The van der Waals surface area contributed by atoms with Crippen molar-refractivity contribution in [3.63, 3.8) is 0 Å². The van der Waals surface area contributed by atoms with Gasteiger partial charge in [0.15, 0.2) is 0 Å². The third-order valence-electron chi connectivity index (χ3n) is 7.16. The molecule has 192 valence electrons. The third kappa shape index (κ3) is 5.43. The predicted octanol–water partition coefficient (Wildman–Crippen LogP) is 4.69. The quantitative estimate of drug-likeness (QED) is 0.343. The molecule has 0 saturated carbocycles. The Bertz CT molecular complexity index is 1230. The number of benzene rings is 3. The van der Waals surface area contributed by atoms with E-state index in [9.17, 15) is 14.4 Å². The lowest BCUT2D eigenvalue weighted by atomic mass is 9.63. The minimum Gasteiger partial charge on any atom is -0.465 e. The van der Waals surface area contributed by atoms with Crippen LogP contribution >= 0.6 is 0 Å². The van der Waals surface area contributed by atoms with Crippen LogP contribution in [0, 0.1) is 0 Å². The lowest BCUT2D eigenvalue weighted by molar-refractivity contribution is -0.149. The van der Waals surface area contributed by atoms with Crippen molar-refractivity contribution in [2.24, 2.45) is 0 Å². The largest absolute Gasteiger partial charge is 0.465 e. The van der Waals surface area contributed by atoms with Crippen LogP contribution in [0.15, 0.2) is 84.9 Å². The first-order chi connectivity index (χ1) is 18.0. The molecule has 1 aliphatic rings. The van der Waals surface area contributed by atoms with E-state index in [1.807, 2.05) is 79.7 Å². The van der Waals surface area contributed by atoms with Gasteiger partial charge in [0.1, 0.15) is 5.41 Å². The number of nitrogens with one attached hydrogen (secondary N) is 1. The van der Waals surface area contributed by atoms with Crippen molar-refractivity contribution in [2.75, 3.05) is 26.7 Å². The van der Waals surface area contributed by atoms with Crippen molar-refractivity contribution in [1.29, 1.82) is 0 Å². The van der Waals surface area contributed by atoms with Crippen molar-refractivity contribution in [3.05, 3.63) is 107 Å². The summed E-state index contributed by atoms with van der Waals surface area (Å²) in [6.07, 6.45) is 1.68. The maximum atomic E-state index is 13.6. The van der Waals surface area contributed by atoms with Crippen molar-refractivity contribution >= 4 is 17.8 Å². The predicted molar refractivity (Wildman–Crippen MR) is 143 cm³/mol. The standard InChI is InChI=1S/C31H34N2O4/c1-3-37-30(36)31(24-15-8-5-9-16-24)20-19-26(25-17-10-11-18-27(25)31)29(35)33(2)22-12-21-32-28(34)23-13-6-4-7-14-23/h4-11,13-18,26H,3,12,19-22H2,1-2H3,(H,32,34)/t26-,31+/m1/s1. The molecule has 1 aliphatic carbocycles. The summed E-state index contributed by atoms with van der Waals surface area (Å²) in [7, 11) is 1.80. The molecule has 1 N–H and O–H groups in total. The van der Waals surface area contributed by atoms with Crippen molar-refractivity contribution in [2.45, 2.75) is 37.5 Å². The number of esters is 1. The summed E-state index contributed by atoms with van der Waals surface area (Å²) < 4.78 is 5.59. The number of likely N-dealkylation sites (N-methyl/N-ethyl adjacent to an activating group) is 1. The van der Waals surface area contributed by atoms with E-state index in [1.54, 1.807) is 24.1 Å². The second-order valence-electron chi connectivity index (χ2n) is 9.41. The highest BCUT2D eigenvalue weighted by Crippen LogP contribution is 2.48. The zero-order valence-corrected chi connectivity index (χ0v) is 21.5. The summed E-state index contributed by atoms with van der Waals surface area (Å²) in [6, 6.07) is 26.6. The van der Waals surface area contributed by atoms with E-state index >= 15 is 0 Å². The van der Waals surface area contributed by atoms with E-state index in [2.05, 4.69) is 5.32 Å². The molecular weight excluding hydrogens is 464 g/mol. The number of ether oxygens (including phenoxy) is 1. The minimum atomic E-state index is -0.940. The molecule has 2 atom stereocenters. The average Bonchev–Trinajstić information content (AvgIpc) is 2.95. The maximum absolute atomic E-state index is 13.6. The van der Waals surface area contributed by atoms with Crippen molar-refractivity contribution < 1.29 is 19.1 Å².